The first kappa shape index (κ1) is 11.0. The molecule has 2 N–H and O–H groups in total. The van der Waals surface area contributed by atoms with Gasteiger partial charge >= 0.3 is 0 Å². The Bertz CT molecular complexity index is 697. The van der Waals surface area contributed by atoms with E-state index in [0.29, 0.717) is 11.7 Å². The standard InChI is InChI=1S/C13H13N3O2/c1-7-5-10-6-9(3-4-11(10)17-7)12-15-13(8(2)14)18-16-12/h3-6,8H,14H2,1-2H3. The van der Waals surface area contributed by atoms with Crippen molar-refractivity contribution >= 4 is 11.0 Å². The highest BCUT2D eigenvalue weighted by Gasteiger charge is 2.12. The molecule has 18 heavy (non-hydrogen) atoms. The van der Waals surface area contributed by atoms with Gasteiger partial charge in [0.25, 0.3) is 0 Å². The summed E-state index contributed by atoms with van der Waals surface area (Å²) in [5.41, 5.74) is 7.43. The van der Waals surface area contributed by atoms with E-state index >= 15 is 0 Å². The van der Waals surface area contributed by atoms with Crippen LogP contribution in [-0.2, 0) is 0 Å². The van der Waals surface area contributed by atoms with Crippen molar-refractivity contribution in [3.63, 3.8) is 0 Å². The van der Waals surface area contributed by atoms with E-state index in [2.05, 4.69) is 10.1 Å². The predicted molar refractivity (Wildman–Crippen MR) is 66.8 cm³/mol. The Morgan fingerprint density at radius 3 is 2.83 bits per heavy atom. The number of aryl methyl sites for hydroxylation is 1. The molecule has 0 amide bonds. The summed E-state index contributed by atoms with van der Waals surface area (Å²) in [4.78, 5) is 4.26. The smallest absolute Gasteiger partial charge is 0.243 e. The van der Waals surface area contributed by atoms with Crippen LogP contribution in [-0.4, -0.2) is 10.1 Å². The Morgan fingerprint density at radius 2 is 2.11 bits per heavy atom. The fraction of sp³-hybridized carbons (Fsp3) is 0.231. The molecule has 0 aliphatic rings. The molecule has 0 saturated heterocycles. The summed E-state index contributed by atoms with van der Waals surface area (Å²) in [7, 11) is 0. The Kier molecular flexibility index (Phi) is 2.41. The Morgan fingerprint density at radius 1 is 1.28 bits per heavy atom. The van der Waals surface area contributed by atoms with E-state index in [9.17, 15) is 0 Å². The topological polar surface area (TPSA) is 78.1 Å². The molecule has 0 radical (unpaired) electrons. The van der Waals surface area contributed by atoms with E-state index < -0.39 is 0 Å². The molecule has 0 spiro atoms. The van der Waals surface area contributed by atoms with Gasteiger partial charge in [0.1, 0.15) is 11.3 Å². The van der Waals surface area contributed by atoms with Crippen molar-refractivity contribution in [1.82, 2.24) is 10.1 Å². The first-order valence-electron chi connectivity index (χ1n) is 5.73. The summed E-state index contributed by atoms with van der Waals surface area (Å²) in [6.07, 6.45) is 0. The lowest BCUT2D eigenvalue weighted by molar-refractivity contribution is 0.362. The monoisotopic (exact) mass is 243 g/mol. The second kappa shape index (κ2) is 3.96. The van der Waals surface area contributed by atoms with Crippen LogP contribution >= 0.6 is 0 Å². The van der Waals surface area contributed by atoms with Crippen LogP contribution in [0.1, 0.15) is 24.6 Å². The molecule has 1 atom stereocenters. The predicted octanol–water partition coefficient (Wildman–Crippen LogP) is 2.81. The number of fused-ring (bicyclic) bond motifs is 1. The van der Waals surface area contributed by atoms with E-state index in [1.807, 2.05) is 31.2 Å². The van der Waals surface area contributed by atoms with Crippen LogP contribution in [0, 0.1) is 6.92 Å². The zero-order valence-corrected chi connectivity index (χ0v) is 10.2. The number of hydrogen-bond donors (Lipinski definition) is 1. The van der Waals surface area contributed by atoms with Gasteiger partial charge in [-0.05, 0) is 38.1 Å². The molecule has 1 unspecified atom stereocenters. The summed E-state index contributed by atoms with van der Waals surface area (Å²) in [6, 6.07) is 7.50. The van der Waals surface area contributed by atoms with Crippen LogP contribution < -0.4 is 5.73 Å². The molecule has 5 nitrogen and oxygen atoms in total. The molecule has 92 valence electrons. The van der Waals surface area contributed by atoms with Crippen LogP contribution in [0.25, 0.3) is 22.4 Å². The van der Waals surface area contributed by atoms with Gasteiger partial charge in [0.2, 0.25) is 11.7 Å². The number of nitrogens with two attached hydrogens (primary N) is 1. The number of rotatable bonds is 2. The first-order chi connectivity index (χ1) is 8.63. The van der Waals surface area contributed by atoms with Crippen LogP contribution in [0.2, 0.25) is 0 Å². The van der Waals surface area contributed by atoms with Gasteiger partial charge in [-0.3, -0.25) is 0 Å². The molecular weight excluding hydrogens is 230 g/mol. The highest BCUT2D eigenvalue weighted by atomic mass is 16.5. The third-order valence-electron chi connectivity index (χ3n) is 2.73. The molecule has 0 bridgehead atoms. The maximum Gasteiger partial charge on any atom is 0.243 e. The van der Waals surface area contributed by atoms with E-state index in [4.69, 9.17) is 14.7 Å². The third kappa shape index (κ3) is 1.78. The van der Waals surface area contributed by atoms with Crippen molar-refractivity contribution in [2.24, 2.45) is 5.73 Å². The van der Waals surface area contributed by atoms with Gasteiger partial charge in [-0.1, -0.05) is 5.16 Å². The van der Waals surface area contributed by atoms with Gasteiger partial charge < -0.3 is 14.7 Å². The molecule has 2 heterocycles. The quantitative estimate of drug-likeness (QED) is 0.748. The normalized spacial score (nSPS) is 13.1. The van der Waals surface area contributed by atoms with E-state index in [1.165, 1.54) is 0 Å². The molecule has 3 rings (SSSR count). The second-order valence-corrected chi connectivity index (χ2v) is 4.35. The van der Waals surface area contributed by atoms with Crippen molar-refractivity contribution in [2.45, 2.75) is 19.9 Å². The largest absolute Gasteiger partial charge is 0.461 e. The average Bonchev–Trinajstić information content (AvgIpc) is 2.91. The van der Waals surface area contributed by atoms with Gasteiger partial charge in [0.05, 0.1) is 6.04 Å². The van der Waals surface area contributed by atoms with Crippen molar-refractivity contribution in [1.29, 1.82) is 0 Å². The summed E-state index contributed by atoms with van der Waals surface area (Å²) in [5.74, 6) is 1.86. The molecule has 3 aromatic rings. The van der Waals surface area contributed by atoms with E-state index in [-0.39, 0.29) is 6.04 Å². The number of furan rings is 1. The lowest BCUT2D eigenvalue weighted by Crippen LogP contribution is -2.04. The average molecular weight is 243 g/mol. The fourth-order valence-corrected chi connectivity index (χ4v) is 1.85. The number of hydrogen-bond acceptors (Lipinski definition) is 5. The van der Waals surface area contributed by atoms with Crippen molar-refractivity contribution in [2.75, 3.05) is 0 Å². The number of benzene rings is 1. The Labute approximate surface area is 104 Å². The molecule has 0 aliphatic carbocycles. The minimum Gasteiger partial charge on any atom is -0.461 e. The summed E-state index contributed by atoms with van der Waals surface area (Å²) in [5, 5.41) is 4.95. The van der Waals surface area contributed by atoms with Crippen molar-refractivity contribution < 1.29 is 8.94 Å². The third-order valence-corrected chi connectivity index (χ3v) is 2.73. The summed E-state index contributed by atoms with van der Waals surface area (Å²) >= 11 is 0. The molecular formula is C13H13N3O2. The van der Waals surface area contributed by atoms with Crippen LogP contribution in [0.3, 0.4) is 0 Å². The highest BCUT2D eigenvalue weighted by Crippen LogP contribution is 2.25. The van der Waals surface area contributed by atoms with E-state index in [1.54, 1.807) is 6.92 Å². The Balaban J connectivity index is 2.06. The molecule has 0 aliphatic heterocycles. The minimum atomic E-state index is -0.258. The highest BCUT2D eigenvalue weighted by molar-refractivity contribution is 5.82. The molecule has 5 heteroatoms. The molecule has 0 fully saturated rings. The van der Waals surface area contributed by atoms with Gasteiger partial charge in [0.15, 0.2) is 0 Å². The van der Waals surface area contributed by atoms with Gasteiger partial charge in [-0.15, -0.1) is 0 Å². The number of nitrogens with zero attached hydrogens (tertiary/aromatic N) is 2. The number of aromatic nitrogens is 2. The maximum atomic E-state index is 5.69. The minimum absolute atomic E-state index is 0.258. The fourth-order valence-electron chi connectivity index (χ4n) is 1.85. The van der Waals surface area contributed by atoms with Crippen molar-refractivity contribution in [3.05, 3.63) is 35.9 Å². The summed E-state index contributed by atoms with van der Waals surface area (Å²) in [6.45, 7) is 3.72. The maximum absolute atomic E-state index is 5.69. The van der Waals surface area contributed by atoms with Crippen LogP contribution in [0.5, 0.6) is 0 Å². The van der Waals surface area contributed by atoms with Crippen LogP contribution in [0.4, 0.5) is 0 Å². The zero-order chi connectivity index (χ0) is 12.7. The second-order valence-electron chi connectivity index (χ2n) is 4.35. The lowest BCUT2D eigenvalue weighted by Gasteiger charge is -1.95. The van der Waals surface area contributed by atoms with Crippen molar-refractivity contribution in [3.8, 4) is 11.4 Å². The molecule has 2 aromatic heterocycles. The van der Waals surface area contributed by atoms with Gasteiger partial charge in [0, 0.05) is 10.9 Å². The van der Waals surface area contributed by atoms with Gasteiger partial charge in [-0.2, -0.15) is 4.98 Å². The Hall–Kier alpha value is -2.14. The lowest BCUT2D eigenvalue weighted by atomic mass is 10.1. The molecule has 1 aromatic carbocycles. The zero-order valence-electron chi connectivity index (χ0n) is 10.2. The molecule has 0 saturated carbocycles. The first-order valence-corrected chi connectivity index (χ1v) is 5.73. The van der Waals surface area contributed by atoms with Crippen LogP contribution in [0.15, 0.2) is 33.2 Å². The van der Waals surface area contributed by atoms with Gasteiger partial charge in [-0.25, -0.2) is 0 Å². The van der Waals surface area contributed by atoms with E-state index in [0.717, 1.165) is 22.3 Å². The SMILES string of the molecule is Cc1cc2cc(-c3noc(C(C)N)n3)ccc2o1. The summed E-state index contributed by atoms with van der Waals surface area (Å²) < 4.78 is 10.6.